The molecule has 0 N–H and O–H groups in total. The molecule has 5 rings (SSSR count). The van der Waals surface area contributed by atoms with Crippen LogP contribution in [-0.2, 0) is 16.1 Å². The Morgan fingerprint density at radius 2 is 1.61 bits per heavy atom. The first-order valence-electron chi connectivity index (χ1n) is 11.1. The Morgan fingerprint density at radius 3 is 2.42 bits per heavy atom. The van der Waals surface area contributed by atoms with E-state index >= 15 is 0 Å². The average Bonchev–Trinajstić information content (AvgIpc) is 3.18. The number of nitrogens with zero attached hydrogens (tertiary/aromatic N) is 3. The molecule has 0 bridgehead atoms. The van der Waals surface area contributed by atoms with Gasteiger partial charge in [-0.3, -0.25) is 14.2 Å². The normalized spacial score (nSPS) is 17.9. The zero-order valence-corrected chi connectivity index (χ0v) is 18.1. The third-order valence-corrected chi connectivity index (χ3v) is 6.07. The van der Waals surface area contributed by atoms with Crippen molar-refractivity contribution in [3.8, 4) is 11.5 Å². The van der Waals surface area contributed by atoms with Crippen LogP contribution in [0.1, 0.15) is 12.8 Å². The summed E-state index contributed by atoms with van der Waals surface area (Å²) in [4.78, 5) is 41.1. The number of fused-ring (bicyclic) bond motifs is 2. The highest BCUT2D eigenvalue weighted by molar-refractivity contribution is 5.82. The Hall–Kier alpha value is -3.75. The van der Waals surface area contributed by atoms with Crippen LogP contribution in [0.4, 0.5) is 0 Å². The zero-order valence-electron chi connectivity index (χ0n) is 18.1. The summed E-state index contributed by atoms with van der Waals surface area (Å²) in [6.07, 6.45) is 0.190. The molecule has 172 valence electrons. The Balaban J connectivity index is 1.10. The van der Waals surface area contributed by atoms with Crippen LogP contribution in [0.2, 0.25) is 0 Å². The minimum atomic E-state index is -0.676. The first-order chi connectivity index (χ1) is 16.1. The molecule has 1 atom stereocenters. The van der Waals surface area contributed by atoms with Gasteiger partial charge < -0.3 is 23.7 Å². The van der Waals surface area contributed by atoms with Gasteiger partial charge in [-0.2, -0.15) is 0 Å². The van der Waals surface area contributed by atoms with E-state index in [1.807, 2.05) is 36.4 Å². The van der Waals surface area contributed by atoms with Gasteiger partial charge in [0.15, 0.2) is 17.1 Å². The number of aromatic nitrogens is 1. The Kier molecular flexibility index (Phi) is 5.77. The van der Waals surface area contributed by atoms with E-state index in [0.29, 0.717) is 62.6 Å². The predicted octanol–water partition coefficient (Wildman–Crippen LogP) is 1.89. The van der Waals surface area contributed by atoms with Crippen molar-refractivity contribution in [3.05, 3.63) is 59.1 Å². The first-order valence-corrected chi connectivity index (χ1v) is 11.1. The average molecular weight is 451 g/mol. The molecule has 3 heterocycles. The topological polar surface area (TPSA) is 94.2 Å². The molecule has 2 aromatic carbocycles. The fourth-order valence-electron chi connectivity index (χ4n) is 4.29. The lowest BCUT2D eigenvalue weighted by Crippen LogP contribution is -2.55. The summed E-state index contributed by atoms with van der Waals surface area (Å²) in [5.41, 5.74) is 1.28. The standard InChI is InChI=1S/C24H25N3O6/c28-22(10-5-11-27-17-6-1-2-7-18(17)33-24(27)30)25-12-14-26(15-13-25)23(29)21-16-31-19-8-3-4-9-20(19)32-21/h1-4,6-9,21H,5,10-16H2. The van der Waals surface area contributed by atoms with Crippen LogP contribution in [-0.4, -0.2) is 65.1 Å². The van der Waals surface area contributed by atoms with E-state index in [1.165, 1.54) is 0 Å². The molecule has 1 unspecified atom stereocenters. The zero-order chi connectivity index (χ0) is 22.8. The molecule has 33 heavy (non-hydrogen) atoms. The second-order valence-electron chi connectivity index (χ2n) is 8.16. The molecule has 2 aliphatic rings. The van der Waals surface area contributed by atoms with Crippen molar-refractivity contribution in [3.63, 3.8) is 0 Å². The second-order valence-corrected chi connectivity index (χ2v) is 8.16. The lowest BCUT2D eigenvalue weighted by molar-refractivity contribution is -0.146. The lowest BCUT2D eigenvalue weighted by atomic mass is 10.2. The number of aryl methyl sites for hydroxylation is 1. The number of oxazole rings is 1. The number of rotatable bonds is 5. The van der Waals surface area contributed by atoms with Crippen molar-refractivity contribution in [1.82, 2.24) is 14.4 Å². The fraction of sp³-hybridized carbons (Fsp3) is 0.375. The SMILES string of the molecule is O=C(CCCn1c(=O)oc2ccccc21)N1CCN(C(=O)C2COc3ccccc3O2)CC1. The lowest BCUT2D eigenvalue weighted by Gasteiger charge is -2.37. The summed E-state index contributed by atoms with van der Waals surface area (Å²) < 4.78 is 18.3. The van der Waals surface area contributed by atoms with Crippen LogP contribution < -0.4 is 15.2 Å². The molecule has 1 fully saturated rings. The molecule has 2 amide bonds. The molecule has 9 heteroatoms. The van der Waals surface area contributed by atoms with Crippen molar-refractivity contribution in [2.75, 3.05) is 32.8 Å². The van der Waals surface area contributed by atoms with Gasteiger partial charge in [-0.25, -0.2) is 4.79 Å². The Bertz CT molecular complexity index is 1220. The van der Waals surface area contributed by atoms with Gasteiger partial charge in [-0.1, -0.05) is 24.3 Å². The number of piperazine rings is 1. The van der Waals surface area contributed by atoms with Gasteiger partial charge in [-0.15, -0.1) is 0 Å². The predicted molar refractivity (Wildman–Crippen MR) is 119 cm³/mol. The van der Waals surface area contributed by atoms with E-state index in [1.54, 1.807) is 26.5 Å². The molecule has 1 saturated heterocycles. The molecule has 1 aromatic heterocycles. The Labute approximate surface area is 190 Å². The van der Waals surface area contributed by atoms with Gasteiger partial charge >= 0.3 is 5.76 Å². The number of ether oxygens (including phenoxy) is 2. The number of amides is 2. The van der Waals surface area contributed by atoms with E-state index in [2.05, 4.69) is 0 Å². The monoisotopic (exact) mass is 451 g/mol. The van der Waals surface area contributed by atoms with E-state index < -0.39 is 11.9 Å². The van der Waals surface area contributed by atoms with Crippen molar-refractivity contribution in [2.45, 2.75) is 25.5 Å². The molecule has 0 spiro atoms. The quantitative estimate of drug-likeness (QED) is 0.588. The molecule has 9 nitrogen and oxygen atoms in total. The molecular weight excluding hydrogens is 426 g/mol. The summed E-state index contributed by atoms with van der Waals surface area (Å²) >= 11 is 0. The summed E-state index contributed by atoms with van der Waals surface area (Å²) in [6.45, 7) is 2.46. The highest BCUT2D eigenvalue weighted by Crippen LogP contribution is 2.31. The van der Waals surface area contributed by atoms with Crippen molar-refractivity contribution in [1.29, 1.82) is 0 Å². The van der Waals surface area contributed by atoms with Gasteiger partial charge in [0, 0.05) is 39.1 Å². The van der Waals surface area contributed by atoms with Crippen molar-refractivity contribution >= 4 is 22.9 Å². The van der Waals surface area contributed by atoms with E-state index in [-0.39, 0.29) is 18.4 Å². The van der Waals surface area contributed by atoms with Gasteiger partial charge in [0.25, 0.3) is 5.91 Å². The third kappa shape index (κ3) is 4.30. The Morgan fingerprint density at radius 1 is 0.909 bits per heavy atom. The van der Waals surface area contributed by atoms with Crippen LogP contribution >= 0.6 is 0 Å². The number of para-hydroxylation sites is 4. The summed E-state index contributed by atoms with van der Waals surface area (Å²) in [7, 11) is 0. The van der Waals surface area contributed by atoms with E-state index in [9.17, 15) is 14.4 Å². The van der Waals surface area contributed by atoms with Gasteiger partial charge in [0.1, 0.15) is 6.61 Å². The maximum Gasteiger partial charge on any atom is 0.419 e. The summed E-state index contributed by atoms with van der Waals surface area (Å²) in [6, 6.07) is 14.5. The number of carbonyl (C=O) groups excluding carboxylic acids is 2. The smallest absolute Gasteiger partial charge is 0.419 e. The number of hydrogen-bond acceptors (Lipinski definition) is 6. The van der Waals surface area contributed by atoms with Gasteiger partial charge in [-0.05, 0) is 30.7 Å². The second kappa shape index (κ2) is 9.01. The molecule has 0 saturated carbocycles. The van der Waals surface area contributed by atoms with Crippen LogP contribution in [0.25, 0.3) is 11.1 Å². The molecule has 0 radical (unpaired) electrons. The molecule has 0 aliphatic carbocycles. The van der Waals surface area contributed by atoms with Crippen LogP contribution in [0.15, 0.2) is 57.7 Å². The van der Waals surface area contributed by atoms with Crippen LogP contribution in [0, 0.1) is 0 Å². The number of benzene rings is 2. The molecule has 2 aliphatic heterocycles. The molecule has 3 aromatic rings. The van der Waals surface area contributed by atoms with Crippen LogP contribution in [0.3, 0.4) is 0 Å². The minimum Gasteiger partial charge on any atom is -0.485 e. The summed E-state index contributed by atoms with van der Waals surface area (Å²) in [5.74, 6) is 0.701. The van der Waals surface area contributed by atoms with Crippen LogP contribution in [0.5, 0.6) is 11.5 Å². The largest absolute Gasteiger partial charge is 0.485 e. The maximum absolute atomic E-state index is 12.9. The van der Waals surface area contributed by atoms with Crippen molar-refractivity contribution in [2.24, 2.45) is 0 Å². The highest BCUT2D eigenvalue weighted by Gasteiger charge is 2.33. The fourth-order valence-corrected chi connectivity index (χ4v) is 4.29. The van der Waals surface area contributed by atoms with Gasteiger partial charge in [0.2, 0.25) is 12.0 Å². The first kappa shape index (κ1) is 21.1. The minimum absolute atomic E-state index is 0.0223. The van der Waals surface area contributed by atoms with Crippen molar-refractivity contribution < 1.29 is 23.5 Å². The van der Waals surface area contributed by atoms with E-state index in [0.717, 1.165) is 5.52 Å². The summed E-state index contributed by atoms with van der Waals surface area (Å²) in [5, 5.41) is 0. The third-order valence-electron chi connectivity index (χ3n) is 6.07. The maximum atomic E-state index is 12.9. The van der Waals surface area contributed by atoms with Gasteiger partial charge in [0.05, 0.1) is 5.52 Å². The van der Waals surface area contributed by atoms with E-state index in [4.69, 9.17) is 13.9 Å². The number of carbonyl (C=O) groups is 2. The number of hydrogen-bond donors (Lipinski definition) is 0. The molecular formula is C24H25N3O6. The highest BCUT2D eigenvalue weighted by atomic mass is 16.6.